The van der Waals surface area contributed by atoms with Gasteiger partial charge in [0.25, 0.3) is 0 Å². The molecule has 5 nitrogen and oxygen atoms in total. The van der Waals surface area contributed by atoms with Gasteiger partial charge in [-0.3, -0.25) is 0 Å². The van der Waals surface area contributed by atoms with Gasteiger partial charge in [0.1, 0.15) is 11.6 Å². The van der Waals surface area contributed by atoms with Gasteiger partial charge in [0, 0.05) is 10.6 Å². The van der Waals surface area contributed by atoms with E-state index in [1.807, 2.05) is 31.2 Å². The van der Waals surface area contributed by atoms with Crippen LogP contribution in [-0.2, 0) is 14.3 Å². The third kappa shape index (κ3) is 6.85. The summed E-state index contributed by atoms with van der Waals surface area (Å²) in [5, 5.41) is 2.55. The second-order valence-corrected chi connectivity index (χ2v) is 6.94. The number of methoxy groups -OCH3 is 1. The highest BCUT2D eigenvalue weighted by atomic mass is 32.2. The first kappa shape index (κ1) is 18.4. The second-order valence-electron chi connectivity index (χ2n) is 5.85. The Kier molecular flexibility index (Phi) is 6.74. The highest BCUT2D eigenvalue weighted by Gasteiger charge is 2.25. The molecule has 122 valence electrons. The molecule has 22 heavy (non-hydrogen) atoms. The lowest BCUT2D eigenvalue weighted by Crippen LogP contribution is -2.45. The van der Waals surface area contributed by atoms with E-state index in [9.17, 15) is 9.59 Å². The van der Waals surface area contributed by atoms with E-state index in [-0.39, 0.29) is 0 Å². The molecule has 1 atom stereocenters. The Morgan fingerprint density at radius 1 is 1.23 bits per heavy atom. The van der Waals surface area contributed by atoms with E-state index in [1.54, 1.807) is 20.8 Å². The van der Waals surface area contributed by atoms with Gasteiger partial charge < -0.3 is 14.8 Å². The zero-order chi connectivity index (χ0) is 16.8. The number of esters is 1. The first-order chi connectivity index (χ1) is 10.2. The molecule has 0 aliphatic rings. The number of carbonyl (C=O) groups is 2. The van der Waals surface area contributed by atoms with Crippen molar-refractivity contribution < 1.29 is 19.1 Å². The largest absolute Gasteiger partial charge is 0.467 e. The van der Waals surface area contributed by atoms with Crippen LogP contribution < -0.4 is 5.32 Å². The Labute approximate surface area is 135 Å². The zero-order valence-electron chi connectivity index (χ0n) is 13.6. The van der Waals surface area contributed by atoms with Gasteiger partial charge in [0.2, 0.25) is 0 Å². The number of hydrogen-bond acceptors (Lipinski definition) is 5. The average Bonchev–Trinajstić information content (AvgIpc) is 2.42. The molecule has 0 aliphatic heterocycles. The molecule has 1 aromatic carbocycles. The number of amides is 1. The smallest absolute Gasteiger partial charge is 0.408 e. The molecule has 1 rings (SSSR count). The number of carbonyl (C=O) groups excluding carboxylic acids is 2. The number of benzene rings is 1. The third-order valence-corrected chi connectivity index (χ3v) is 3.72. The van der Waals surface area contributed by atoms with Gasteiger partial charge in [0.05, 0.1) is 7.11 Å². The Morgan fingerprint density at radius 2 is 1.82 bits per heavy atom. The Morgan fingerprint density at radius 3 is 2.32 bits per heavy atom. The van der Waals surface area contributed by atoms with Crippen molar-refractivity contribution in [3.05, 3.63) is 29.8 Å². The fraction of sp³-hybridized carbons (Fsp3) is 0.500. The van der Waals surface area contributed by atoms with Crippen molar-refractivity contribution in [2.75, 3.05) is 12.9 Å². The molecule has 0 heterocycles. The molecule has 0 bridgehead atoms. The summed E-state index contributed by atoms with van der Waals surface area (Å²) in [6.07, 6.45) is -0.632. The van der Waals surface area contributed by atoms with E-state index in [0.29, 0.717) is 5.75 Å². The maximum Gasteiger partial charge on any atom is 0.408 e. The van der Waals surface area contributed by atoms with Crippen LogP contribution in [0.4, 0.5) is 4.79 Å². The molecule has 0 saturated heterocycles. The van der Waals surface area contributed by atoms with Crippen LogP contribution in [0.15, 0.2) is 29.2 Å². The molecule has 1 amide bonds. The predicted octanol–water partition coefficient (Wildman–Crippen LogP) is 3.15. The van der Waals surface area contributed by atoms with Gasteiger partial charge in [-0.15, -0.1) is 11.8 Å². The molecule has 0 fully saturated rings. The number of nitrogens with one attached hydrogen (secondary N) is 1. The van der Waals surface area contributed by atoms with E-state index in [0.717, 1.165) is 4.90 Å². The Bertz CT molecular complexity index is 508. The molecule has 6 heteroatoms. The van der Waals surface area contributed by atoms with Crippen LogP contribution in [0, 0.1) is 6.92 Å². The van der Waals surface area contributed by atoms with Gasteiger partial charge in [-0.1, -0.05) is 17.7 Å². The van der Waals surface area contributed by atoms with Gasteiger partial charge in [-0.25, -0.2) is 9.59 Å². The molecule has 0 spiro atoms. The van der Waals surface area contributed by atoms with Crippen LogP contribution in [-0.4, -0.2) is 36.6 Å². The van der Waals surface area contributed by atoms with Crippen molar-refractivity contribution in [1.82, 2.24) is 5.32 Å². The van der Waals surface area contributed by atoms with Crippen LogP contribution in [0.3, 0.4) is 0 Å². The molecular formula is C16H23NO4S. The third-order valence-electron chi connectivity index (χ3n) is 2.61. The first-order valence-electron chi connectivity index (χ1n) is 6.98. The lowest BCUT2D eigenvalue weighted by Gasteiger charge is -2.22. The number of thioether (sulfide) groups is 1. The van der Waals surface area contributed by atoms with Gasteiger partial charge in [-0.05, 0) is 39.8 Å². The lowest BCUT2D eigenvalue weighted by molar-refractivity contribution is -0.142. The molecule has 1 N–H and O–H groups in total. The van der Waals surface area contributed by atoms with Crippen LogP contribution in [0.2, 0.25) is 0 Å². The number of aryl methyl sites for hydroxylation is 1. The van der Waals surface area contributed by atoms with Gasteiger partial charge >= 0.3 is 12.1 Å². The highest BCUT2D eigenvalue weighted by Crippen LogP contribution is 2.19. The van der Waals surface area contributed by atoms with Crippen molar-refractivity contribution in [1.29, 1.82) is 0 Å². The SMILES string of the molecule is COC(=O)[C@H](CSc1ccc(C)cc1)NC(=O)OC(C)(C)C. The normalized spacial score (nSPS) is 12.4. The van der Waals surface area contributed by atoms with E-state index in [1.165, 1.54) is 24.4 Å². The summed E-state index contributed by atoms with van der Waals surface area (Å²) in [5.74, 6) is -0.125. The standard InChI is InChI=1S/C16H23NO4S/c1-11-6-8-12(9-7-11)22-10-13(14(18)20-5)17-15(19)21-16(2,3)4/h6-9,13H,10H2,1-5H3,(H,17,19)/t13-/m0/s1. The van der Waals surface area contributed by atoms with Gasteiger partial charge in [0.15, 0.2) is 0 Å². The van der Waals surface area contributed by atoms with Crippen LogP contribution in [0.5, 0.6) is 0 Å². The summed E-state index contributed by atoms with van der Waals surface area (Å²) in [6, 6.07) is 7.18. The number of alkyl carbamates (subject to hydrolysis) is 1. The topological polar surface area (TPSA) is 64.6 Å². The molecule has 1 aromatic rings. The van der Waals surface area contributed by atoms with E-state index in [4.69, 9.17) is 9.47 Å². The van der Waals surface area contributed by atoms with E-state index < -0.39 is 23.7 Å². The number of rotatable bonds is 5. The van der Waals surface area contributed by atoms with Crippen molar-refractivity contribution >= 4 is 23.8 Å². The lowest BCUT2D eigenvalue weighted by atomic mass is 10.2. The van der Waals surface area contributed by atoms with Gasteiger partial charge in [-0.2, -0.15) is 0 Å². The minimum absolute atomic E-state index is 0.370. The maximum atomic E-state index is 11.8. The Balaban J connectivity index is 2.63. The van der Waals surface area contributed by atoms with Crippen LogP contribution in [0.1, 0.15) is 26.3 Å². The van der Waals surface area contributed by atoms with Crippen LogP contribution in [0.25, 0.3) is 0 Å². The predicted molar refractivity (Wildman–Crippen MR) is 87.1 cm³/mol. The van der Waals surface area contributed by atoms with Crippen molar-refractivity contribution in [2.24, 2.45) is 0 Å². The molecule has 0 radical (unpaired) electrons. The van der Waals surface area contributed by atoms with Crippen molar-refractivity contribution in [2.45, 2.75) is 44.2 Å². The second kappa shape index (κ2) is 8.08. The molecule has 0 aromatic heterocycles. The van der Waals surface area contributed by atoms with Crippen molar-refractivity contribution in [3.8, 4) is 0 Å². The fourth-order valence-electron chi connectivity index (χ4n) is 1.57. The van der Waals surface area contributed by atoms with E-state index in [2.05, 4.69) is 5.32 Å². The molecule has 0 saturated carbocycles. The molecular weight excluding hydrogens is 302 g/mol. The fourth-order valence-corrected chi connectivity index (χ4v) is 2.48. The zero-order valence-corrected chi connectivity index (χ0v) is 14.5. The number of hydrogen-bond donors (Lipinski definition) is 1. The maximum absolute atomic E-state index is 11.8. The van der Waals surface area contributed by atoms with Crippen molar-refractivity contribution in [3.63, 3.8) is 0 Å². The number of ether oxygens (including phenoxy) is 2. The minimum atomic E-state index is -0.758. The summed E-state index contributed by atoms with van der Waals surface area (Å²) in [6.45, 7) is 7.30. The summed E-state index contributed by atoms with van der Waals surface area (Å²) in [7, 11) is 1.29. The molecule has 0 unspecified atom stereocenters. The summed E-state index contributed by atoms with van der Waals surface area (Å²) in [5.41, 5.74) is 0.551. The summed E-state index contributed by atoms with van der Waals surface area (Å²) >= 11 is 1.47. The highest BCUT2D eigenvalue weighted by molar-refractivity contribution is 7.99. The molecule has 0 aliphatic carbocycles. The van der Waals surface area contributed by atoms with E-state index >= 15 is 0 Å². The quantitative estimate of drug-likeness (QED) is 0.665. The summed E-state index contributed by atoms with van der Waals surface area (Å²) in [4.78, 5) is 24.6. The average molecular weight is 325 g/mol. The first-order valence-corrected chi connectivity index (χ1v) is 7.96. The Hall–Kier alpha value is -1.69. The monoisotopic (exact) mass is 325 g/mol. The van der Waals surface area contributed by atoms with Crippen LogP contribution >= 0.6 is 11.8 Å². The summed E-state index contributed by atoms with van der Waals surface area (Å²) < 4.78 is 9.89. The minimum Gasteiger partial charge on any atom is -0.467 e.